The van der Waals surface area contributed by atoms with Gasteiger partial charge in [0.25, 0.3) is 0 Å². The predicted octanol–water partition coefficient (Wildman–Crippen LogP) is 5.81. The van der Waals surface area contributed by atoms with Crippen molar-refractivity contribution >= 4 is 47.6 Å². The summed E-state index contributed by atoms with van der Waals surface area (Å²) < 4.78 is 5.51. The summed E-state index contributed by atoms with van der Waals surface area (Å²) in [7, 11) is 0. The van der Waals surface area contributed by atoms with Crippen LogP contribution in [0.2, 0.25) is 0 Å². The molecule has 0 atom stereocenters. The van der Waals surface area contributed by atoms with Gasteiger partial charge in [-0.05, 0) is 0 Å². The molecule has 2 aliphatic heterocycles. The first-order chi connectivity index (χ1) is 17.1. The Balaban J connectivity index is 2.14. The van der Waals surface area contributed by atoms with Gasteiger partial charge in [-0.3, -0.25) is 0 Å². The van der Waals surface area contributed by atoms with Crippen LogP contribution in [0.5, 0.6) is 0 Å². The van der Waals surface area contributed by atoms with Gasteiger partial charge < -0.3 is 0 Å². The zero-order valence-electron chi connectivity index (χ0n) is 25.0. The molecule has 1 aliphatic carbocycles. The van der Waals surface area contributed by atoms with Crippen molar-refractivity contribution in [2.75, 3.05) is 0 Å². The number of hydrogen-bond donors (Lipinski definition) is 0. The second-order valence-electron chi connectivity index (χ2n) is 14.3. The summed E-state index contributed by atoms with van der Waals surface area (Å²) in [5.41, 5.74) is 1.68. The molecular weight excluding hydrogens is 700 g/mol. The molecule has 206 valence electrons. The predicted molar refractivity (Wildman–Crippen MR) is 157 cm³/mol. The van der Waals surface area contributed by atoms with Gasteiger partial charge in [-0.1, -0.05) is 0 Å². The summed E-state index contributed by atoms with van der Waals surface area (Å²) in [6.07, 6.45) is 11.8. The van der Waals surface area contributed by atoms with Crippen LogP contribution in [-0.4, -0.2) is 47.6 Å². The molecule has 0 saturated heterocycles. The number of carbonyl (C=O) groups excluding carboxylic acids is 1. The van der Waals surface area contributed by atoms with Crippen LogP contribution in [0.1, 0.15) is 83.1 Å². The van der Waals surface area contributed by atoms with E-state index in [0.29, 0.717) is 0 Å². The fourth-order valence-electron chi connectivity index (χ4n) is 3.88. The molecule has 0 saturated carbocycles. The maximum absolute atomic E-state index is 13.5. The van der Waals surface area contributed by atoms with Crippen molar-refractivity contribution < 1.29 is 15.0 Å². The Morgan fingerprint density at radius 3 is 1.11 bits per heavy atom. The van der Waals surface area contributed by atoms with Gasteiger partial charge in [0.05, 0.1) is 0 Å². The SMILES string of the molecule is CC(C)(C)C1=CC(=CC2=C([O-])C(C=C3C=C(C(C)(C)C)[Te]C(C(C)(C)C)=C3)=C([O-])C2=O)C=C(C(C)(C)C)[Te]1. The van der Waals surface area contributed by atoms with E-state index in [2.05, 4.69) is 107 Å². The third kappa shape index (κ3) is 7.09. The van der Waals surface area contributed by atoms with Crippen LogP contribution in [0, 0.1) is 21.7 Å². The molecule has 0 aromatic rings. The van der Waals surface area contributed by atoms with Crippen molar-refractivity contribution in [3.05, 3.63) is 84.8 Å². The van der Waals surface area contributed by atoms with Crippen molar-refractivity contribution in [3.63, 3.8) is 0 Å². The Morgan fingerprint density at radius 2 is 0.816 bits per heavy atom. The van der Waals surface area contributed by atoms with E-state index in [1.165, 1.54) is 14.5 Å². The summed E-state index contributed by atoms with van der Waals surface area (Å²) in [5, 5.41) is 26.6. The van der Waals surface area contributed by atoms with Gasteiger partial charge in [0.2, 0.25) is 0 Å². The molecule has 0 aromatic carbocycles. The third-order valence-corrected chi connectivity index (χ3v) is 17.2. The van der Waals surface area contributed by atoms with Crippen molar-refractivity contribution in [2.45, 2.75) is 83.1 Å². The monoisotopic (exact) mass is 746 g/mol. The van der Waals surface area contributed by atoms with Crippen molar-refractivity contribution in [3.8, 4) is 0 Å². The molecule has 0 fully saturated rings. The van der Waals surface area contributed by atoms with E-state index >= 15 is 0 Å². The second kappa shape index (κ2) is 10.6. The number of allylic oxidation sites excluding steroid dienone is 13. The Kier molecular flexibility index (Phi) is 8.76. The van der Waals surface area contributed by atoms with E-state index in [-0.39, 0.29) is 32.8 Å². The van der Waals surface area contributed by atoms with E-state index in [4.69, 9.17) is 0 Å². The zero-order valence-corrected chi connectivity index (χ0v) is 29.7. The van der Waals surface area contributed by atoms with E-state index in [9.17, 15) is 15.0 Å². The van der Waals surface area contributed by atoms with Crippen LogP contribution in [-0.2, 0) is 4.79 Å². The number of hydrogen-bond acceptors (Lipinski definition) is 3. The number of rotatable bonds is 2. The van der Waals surface area contributed by atoms with Gasteiger partial charge in [0, 0.05) is 0 Å². The molecule has 38 heavy (non-hydrogen) atoms. The summed E-state index contributed by atoms with van der Waals surface area (Å²) in [5.74, 6) is -1.85. The first-order valence-electron chi connectivity index (χ1n) is 13.1. The quantitative estimate of drug-likeness (QED) is 0.336. The van der Waals surface area contributed by atoms with Crippen molar-refractivity contribution in [2.24, 2.45) is 21.7 Å². The molecule has 0 unspecified atom stereocenters. The Bertz CT molecular complexity index is 1230. The third-order valence-electron chi connectivity index (χ3n) is 6.39. The molecule has 0 spiro atoms. The van der Waals surface area contributed by atoms with Crippen LogP contribution >= 0.6 is 0 Å². The van der Waals surface area contributed by atoms with Crippen molar-refractivity contribution in [1.82, 2.24) is 0 Å². The van der Waals surface area contributed by atoms with Gasteiger partial charge in [0.1, 0.15) is 0 Å². The van der Waals surface area contributed by atoms with Gasteiger partial charge in [-0.15, -0.1) is 0 Å². The minimum absolute atomic E-state index is 0.0102. The maximum atomic E-state index is 13.5. The normalized spacial score (nSPS) is 19.9. The summed E-state index contributed by atoms with van der Waals surface area (Å²) in [6, 6.07) is 0. The van der Waals surface area contributed by atoms with Crippen LogP contribution in [0.15, 0.2) is 84.8 Å². The van der Waals surface area contributed by atoms with Crippen LogP contribution in [0.25, 0.3) is 0 Å². The van der Waals surface area contributed by atoms with Gasteiger partial charge in [-0.25, -0.2) is 0 Å². The Morgan fingerprint density at radius 1 is 0.526 bits per heavy atom. The second-order valence-corrected chi connectivity index (χ2v) is 20.5. The molecule has 0 N–H and O–H groups in total. The molecule has 0 radical (unpaired) electrons. The zero-order chi connectivity index (χ0) is 29.0. The van der Waals surface area contributed by atoms with Crippen LogP contribution in [0.3, 0.4) is 0 Å². The fraction of sp³-hybridized carbons (Fsp3) is 0.485. The fourth-order valence-corrected chi connectivity index (χ4v) is 11.0. The first-order valence-corrected chi connectivity index (χ1v) is 17.8. The van der Waals surface area contributed by atoms with E-state index in [1.54, 1.807) is 12.2 Å². The van der Waals surface area contributed by atoms with E-state index < -0.39 is 59.1 Å². The molecule has 5 heteroatoms. The van der Waals surface area contributed by atoms with Gasteiger partial charge in [-0.2, -0.15) is 0 Å². The molecule has 0 amide bonds. The molecule has 3 rings (SSSR count). The average molecular weight is 742 g/mol. The summed E-state index contributed by atoms with van der Waals surface area (Å²) in [4.78, 5) is 13.1. The number of Topliss-reactive ketones (excluding diaryl/α,β-unsaturated/α-hetero) is 1. The van der Waals surface area contributed by atoms with E-state index in [1.807, 2.05) is 0 Å². The topological polar surface area (TPSA) is 63.2 Å². The Labute approximate surface area is 250 Å². The van der Waals surface area contributed by atoms with Crippen LogP contribution < -0.4 is 10.2 Å². The summed E-state index contributed by atoms with van der Waals surface area (Å²) in [6.45, 7) is 26.5. The molecule has 3 aliphatic rings. The molecular formula is C33H42O3Te2-2. The van der Waals surface area contributed by atoms with Crippen molar-refractivity contribution in [1.29, 1.82) is 0 Å². The molecule has 3 nitrogen and oxygen atoms in total. The number of carbonyl (C=O) groups is 1. The molecule has 0 aromatic heterocycles. The van der Waals surface area contributed by atoms with E-state index in [0.717, 1.165) is 11.1 Å². The van der Waals surface area contributed by atoms with Gasteiger partial charge in [0.15, 0.2) is 0 Å². The van der Waals surface area contributed by atoms with Crippen LogP contribution in [0.4, 0.5) is 0 Å². The van der Waals surface area contributed by atoms with Gasteiger partial charge >= 0.3 is 252 Å². The first kappa shape index (κ1) is 31.3. The average Bonchev–Trinajstić information content (AvgIpc) is 2.94. The number of ketones is 1. The Hall–Kier alpha value is -1.23. The minimum atomic E-state index is -0.697. The molecule has 0 bridgehead atoms. The summed E-state index contributed by atoms with van der Waals surface area (Å²) >= 11 is -1.05. The molecule has 2 heterocycles. The standard InChI is InChI=1S/C33H44O3Te2/c1-30(2,3)23-15-19(16-24(37-23)31(4,5)6)13-21-27(34)22(29(36)28(21)35)14-20-17-25(32(7,8)9)38-26(18-20)33(10,11)12/h13-18,34H,1-12H3,(H,35,36)/p-2.